The lowest BCUT2D eigenvalue weighted by Gasteiger charge is -2.33. The van der Waals surface area contributed by atoms with Crippen LogP contribution in [0.15, 0.2) is 27.9 Å². The zero-order chi connectivity index (χ0) is 21.1. The number of nitrogens with one attached hydrogen (secondary N) is 1. The van der Waals surface area contributed by atoms with Crippen LogP contribution in [0.2, 0.25) is 0 Å². The van der Waals surface area contributed by atoms with Crippen molar-refractivity contribution >= 4 is 27.4 Å². The first kappa shape index (κ1) is 21.0. The molecule has 1 aromatic heterocycles. The Balaban J connectivity index is 1.43. The van der Waals surface area contributed by atoms with Gasteiger partial charge in [0.25, 0.3) is 5.91 Å². The van der Waals surface area contributed by atoms with Crippen molar-refractivity contribution in [1.82, 2.24) is 15.2 Å². The highest BCUT2D eigenvalue weighted by atomic mass is 32.2. The molecule has 0 spiro atoms. The van der Waals surface area contributed by atoms with Gasteiger partial charge >= 0.3 is 0 Å². The number of carbonyl (C=O) groups is 2. The Morgan fingerprint density at radius 2 is 2.07 bits per heavy atom. The third kappa shape index (κ3) is 4.75. The van der Waals surface area contributed by atoms with Crippen molar-refractivity contribution < 1.29 is 22.4 Å². The molecule has 2 fully saturated rings. The summed E-state index contributed by atoms with van der Waals surface area (Å²) in [5.74, 6) is 0.235. The molecule has 4 rings (SSSR count). The number of likely N-dealkylation sites (tertiary alicyclic amines) is 1. The van der Waals surface area contributed by atoms with Crippen LogP contribution in [-0.4, -0.2) is 73.0 Å². The number of carbonyl (C=O) groups excluding carboxylic acids is 2. The number of amides is 2. The Kier molecular flexibility index (Phi) is 6.24. The number of hydrogen-bond acceptors (Lipinski definition) is 7. The summed E-state index contributed by atoms with van der Waals surface area (Å²) in [5.41, 5.74) is 0.274. The zero-order valence-corrected chi connectivity index (χ0v) is 17.8. The minimum Gasteiger partial charge on any atom is -0.468 e. The topological polar surface area (TPSA) is 112 Å². The first-order chi connectivity index (χ1) is 14.4. The average molecular weight is 437 g/mol. The van der Waals surface area contributed by atoms with Crippen LogP contribution in [0.3, 0.4) is 0 Å². The summed E-state index contributed by atoms with van der Waals surface area (Å²) < 4.78 is 29.1. The summed E-state index contributed by atoms with van der Waals surface area (Å²) in [6.45, 7) is 2.30. The van der Waals surface area contributed by atoms with Gasteiger partial charge in [-0.2, -0.15) is 5.10 Å². The third-order valence-corrected chi connectivity index (χ3v) is 7.79. The van der Waals surface area contributed by atoms with Crippen molar-refractivity contribution in [3.8, 4) is 0 Å². The molecule has 9 nitrogen and oxygen atoms in total. The van der Waals surface area contributed by atoms with Gasteiger partial charge in [-0.15, -0.1) is 0 Å². The normalized spacial score (nSPS) is 25.7. The van der Waals surface area contributed by atoms with Crippen LogP contribution in [0.25, 0.3) is 0 Å². The summed E-state index contributed by atoms with van der Waals surface area (Å²) in [7, 11) is -3.14. The van der Waals surface area contributed by atoms with Gasteiger partial charge < -0.3 is 9.73 Å². The molecule has 0 bridgehead atoms. The van der Waals surface area contributed by atoms with E-state index in [0.29, 0.717) is 13.0 Å². The number of sulfone groups is 1. The van der Waals surface area contributed by atoms with E-state index in [1.807, 2.05) is 12.1 Å². The van der Waals surface area contributed by atoms with Crippen molar-refractivity contribution in [3.63, 3.8) is 0 Å². The first-order valence-corrected chi connectivity index (χ1v) is 12.4. The maximum atomic E-state index is 12.8. The third-order valence-electron chi connectivity index (χ3n) is 6.04. The molecule has 30 heavy (non-hydrogen) atoms. The van der Waals surface area contributed by atoms with Gasteiger partial charge in [0.2, 0.25) is 5.91 Å². The fraction of sp³-hybridized carbons (Fsp3) is 0.650. The molecule has 2 amide bonds. The highest BCUT2D eigenvalue weighted by molar-refractivity contribution is 7.91. The largest absolute Gasteiger partial charge is 0.468 e. The molecule has 10 heteroatoms. The molecule has 1 N–H and O–H groups in total. The summed E-state index contributed by atoms with van der Waals surface area (Å²) in [6, 6.07) is 3.24. The SMILES string of the molecule is O=C(NC[C@@H](c1ccco1)N1CCCCC1)C1=NN([C@H]2CCS(=O)(=O)C2)C(=O)CC1. The summed E-state index contributed by atoms with van der Waals surface area (Å²) >= 11 is 0. The van der Waals surface area contributed by atoms with Crippen molar-refractivity contribution in [2.24, 2.45) is 5.10 Å². The predicted octanol–water partition coefficient (Wildman–Crippen LogP) is 1.09. The number of hydrogen-bond donors (Lipinski definition) is 1. The predicted molar refractivity (Wildman–Crippen MR) is 110 cm³/mol. The molecule has 3 aliphatic rings. The van der Waals surface area contributed by atoms with Gasteiger partial charge in [0.15, 0.2) is 9.84 Å². The van der Waals surface area contributed by atoms with Gasteiger partial charge in [-0.25, -0.2) is 13.4 Å². The molecular weight excluding hydrogens is 408 g/mol. The Morgan fingerprint density at radius 1 is 1.27 bits per heavy atom. The molecule has 0 unspecified atom stereocenters. The second-order valence-corrected chi connectivity index (χ2v) is 10.4. The van der Waals surface area contributed by atoms with Crippen molar-refractivity contribution in [3.05, 3.63) is 24.2 Å². The molecule has 3 aliphatic heterocycles. The van der Waals surface area contributed by atoms with Crippen molar-refractivity contribution in [1.29, 1.82) is 0 Å². The number of nitrogens with zero attached hydrogens (tertiary/aromatic N) is 3. The minimum atomic E-state index is -3.14. The lowest BCUT2D eigenvalue weighted by atomic mass is 10.1. The van der Waals surface area contributed by atoms with Crippen LogP contribution in [0.5, 0.6) is 0 Å². The maximum absolute atomic E-state index is 12.8. The average Bonchev–Trinajstić information content (AvgIpc) is 3.39. The Hall–Kier alpha value is -2.20. The van der Waals surface area contributed by atoms with E-state index >= 15 is 0 Å². The smallest absolute Gasteiger partial charge is 0.267 e. The van der Waals surface area contributed by atoms with E-state index in [-0.39, 0.29) is 47.9 Å². The summed E-state index contributed by atoms with van der Waals surface area (Å²) in [6.07, 6.45) is 5.89. The Morgan fingerprint density at radius 3 is 2.73 bits per heavy atom. The fourth-order valence-corrected chi connectivity index (χ4v) is 6.09. The van der Waals surface area contributed by atoms with Crippen LogP contribution in [0.1, 0.15) is 50.3 Å². The van der Waals surface area contributed by atoms with E-state index in [0.717, 1.165) is 31.7 Å². The van der Waals surface area contributed by atoms with E-state index in [9.17, 15) is 18.0 Å². The lowest BCUT2D eigenvalue weighted by molar-refractivity contribution is -0.133. The van der Waals surface area contributed by atoms with Crippen LogP contribution in [0, 0.1) is 0 Å². The van der Waals surface area contributed by atoms with Crippen LogP contribution < -0.4 is 5.32 Å². The van der Waals surface area contributed by atoms with Crippen molar-refractivity contribution in [2.75, 3.05) is 31.1 Å². The number of furan rings is 1. The van der Waals surface area contributed by atoms with Crippen LogP contribution in [0.4, 0.5) is 0 Å². The summed E-state index contributed by atoms with van der Waals surface area (Å²) in [5, 5.41) is 8.42. The molecule has 2 saturated heterocycles. The van der Waals surface area contributed by atoms with Crippen molar-refractivity contribution in [2.45, 2.75) is 50.6 Å². The lowest BCUT2D eigenvalue weighted by Crippen LogP contribution is -2.46. The number of piperidine rings is 1. The Bertz CT molecular complexity index is 906. The fourth-order valence-electron chi connectivity index (χ4n) is 4.40. The molecule has 4 heterocycles. The van der Waals surface area contributed by atoms with Gasteiger partial charge in [0.05, 0.1) is 29.9 Å². The van der Waals surface area contributed by atoms with Gasteiger partial charge in [-0.3, -0.25) is 14.5 Å². The van der Waals surface area contributed by atoms with Gasteiger partial charge in [0.1, 0.15) is 11.5 Å². The van der Waals surface area contributed by atoms with Gasteiger partial charge in [0, 0.05) is 19.4 Å². The highest BCUT2D eigenvalue weighted by Crippen LogP contribution is 2.25. The number of hydrazone groups is 1. The molecule has 0 radical (unpaired) electrons. The number of rotatable bonds is 6. The standard InChI is InChI=1S/C20H28N4O5S/c25-19-7-6-16(22-24(19)15-8-12-30(27,28)14-15)20(26)21-13-17(18-5-4-11-29-18)23-9-2-1-3-10-23/h4-5,11,15,17H,1-3,6-10,12-14H2,(H,21,26)/t15-,17-/m0/s1. The molecule has 0 aromatic carbocycles. The zero-order valence-electron chi connectivity index (χ0n) is 17.0. The first-order valence-electron chi connectivity index (χ1n) is 10.6. The molecule has 164 valence electrons. The van der Waals surface area contributed by atoms with E-state index in [4.69, 9.17) is 4.42 Å². The second-order valence-electron chi connectivity index (χ2n) is 8.18. The monoisotopic (exact) mass is 436 g/mol. The van der Waals surface area contributed by atoms with E-state index < -0.39 is 15.9 Å². The highest BCUT2D eigenvalue weighted by Gasteiger charge is 2.37. The van der Waals surface area contributed by atoms with Gasteiger partial charge in [-0.05, 0) is 44.5 Å². The van der Waals surface area contributed by atoms with E-state index in [1.165, 1.54) is 11.4 Å². The molecular formula is C20H28N4O5S. The van der Waals surface area contributed by atoms with E-state index in [1.54, 1.807) is 6.26 Å². The van der Waals surface area contributed by atoms with Gasteiger partial charge in [-0.1, -0.05) is 6.42 Å². The maximum Gasteiger partial charge on any atom is 0.267 e. The molecule has 0 saturated carbocycles. The minimum absolute atomic E-state index is 0.0499. The quantitative estimate of drug-likeness (QED) is 0.714. The molecule has 1 aromatic rings. The summed E-state index contributed by atoms with van der Waals surface area (Å²) in [4.78, 5) is 27.4. The van der Waals surface area contributed by atoms with E-state index in [2.05, 4.69) is 15.3 Å². The van der Waals surface area contributed by atoms with Crippen LogP contribution >= 0.6 is 0 Å². The second kappa shape index (κ2) is 8.89. The van der Waals surface area contributed by atoms with Crippen LogP contribution in [-0.2, 0) is 19.4 Å². The molecule has 2 atom stereocenters. The molecule has 0 aliphatic carbocycles. The Labute approximate surface area is 176 Å².